The molecule has 2 fully saturated rings. The minimum Gasteiger partial charge on any atom is -0.490 e. The van der Waals surface area contributed by atoms with E-state index in [-0.39, 0.29) is 11.9 Å². The fourth-order valence-corrected chi connectivity index (χ4v) is 3.26. The molecular formula is C14H16FNO2. The third-order valence-electron chi connectivity index (χ3n) is 4.08. The number of carbonyl (C=O) groups excluding carboxylic acids is 1. The molecule has 0 aromatic heterocycles. The zero-order valence-electron chi connectivity index (χ0n) is 10.1. The van der Waals surface area contributed by atoms with Crippen LogP contribution in [0.25, 0.3) is 0 Å². The van der Waals surface area contributed by atoms with Crippen LogP contribution in [0, 0.1) is 11.2 Å². The van der Waals surface area contributed by atoms with Crippen LogP contribution in [-0.2, 0) is 4.79 Å². The number of ether oxygens (including phenoxy) is 1. The van der Waals surface area contributed by atoms with Crippen molar-refractivity contribution in [2.75, 3.05) is 0 Å². The molecule has 0 unspecified atom stereocenters. The molecule has 1 aromatic carbocycles. The summed E-state index contributed by atoms with van der Waals surface area (Å²) in [6, 6.07) is 6.62. The Morgan fingerprint density at radius 1 is 1.33 bits per heavy atom. The van der Waals surface area contributed by atoms with E-state index < -0.39 is 0 Å². The van der Waals surface area contributed by atoms with Gasteiger partial charge >= 0.3 is 0 Å². The summed E-state index contributed by atoms with van der Waals surface area (Å²) in [5.74, 6) is 0.345. The van der Waals surface area contributed by atoms with Crippen LogP contribution in [0.15, 0.2) is 24.3 Å². The lowest BCUT2D eigenvalue weighted by Crippen LogP contribution is -2.57. The molecule has 1 N–H and O–H groups in total. The Bertz CT molecular complexity index is 449. The van der Waals surface area contributed by atoms with Gasteiger partial charge in [0.05, 0.1) is 6.10 Å². The van der Waals surface area contributed by atoms with E-state index in [1.807, 2.05) is 0 Å². The van der Waals surface area contributed by atoms with Crippen molar-refractivity contribution in [1.82, 2.24) is 5.32 Å². The smallest absolute Gasteiger partial charge is 0.207 e. The Morgan fingerprint density at radius 2 is 2.11 bits per heavy atom. The van der Waals surface area contributed by atoms with E-state index in [2.05, 4.69) is 5.32 Å². The van der Waals surface area contributed by atoms with E-state index in [0.717, 1.165) is 32.1 Å². The zero-order valence-corrected chi connectivity index (χ0v) is 10.1. The third-order valence-corrected chi connectivity index (χ3v) is 4.08. The summed E-state index contributed by atoms with van der Waals surface area (Å²) in [5.41, 5.74) is 0.374. The first-order valence-corrected chi connectivity index (χ1v) is 6.31. The summed E-state index contributed by atoms with van der Waals surface area (Å²) in [4.78, 5) is 10.3. The predicted octanol–water partition coefficient (Wildman–Crippen LogP) is 2.26. The Hall–Kier alpha value is -1.58. The van der Waals surface area contributed by atoms with E-state index in [1.165, 1.54) is 12.1 Å². The quantitative estimate of drug-likeness (QED) is 0.831. The molecule has 1 spiro atoms. The summed E-state index contributed by atoms with van der Waals surface area (Å²) in [5, 5.41) is 2.81. The van der Waals surface area contributed by atoms with Gasteiger partial charge in [-0.2, -0.15) is 0 Å². The van der Waals surface area contributed by atoms with Gasteiger partial charge in [0.1, 0.15) is 11.6 Å². The van der Waals surface area contributed by atoms with Crippen molar-refractivity contribution in [2.45, 2.75) is 37.8 Å². The molecule has 3 rings (SSSR count). The van der Waals surface area contributed by atoms with E-state index in [9.17, 15) is 9.18 Å². The predicted molar refractivity (Wildman–Crippen MR) is 64.7 cm³/mol. The highest BCUT2D eigenvalue weighted by Gasteiger charge is 2.53. The van der Waals surface area contributed by atoms with Crippen LogP contribution in [0.1, 0.15) is 25.7 Å². The minimum atomic E-state index is -0.263. The molecule has 0 aliphatic heterocycles. The Morgan fingerprint density at radius 3 is 2.78 bits per heavy atom. The van der Waals surface area contributed by atoms with Gasteiger partial charge in [-0.1, -0.05) is 6.07 Å². The first kappa shape index (κ1) is 11.5. The van der Waals surface area contributed by atoms with Gasteiger partial charge in [0.15, 0.2) is 0 Å². The highest BCUT2D eigenvalue weighted by atomic mass is 19.1. The molecule has 3 nitrogen and oxygen atoms in total. The van der Waals surface area contributed by atoms with Crippen LogP contribution >= 0.6 is 0 Å². The number of benzene rings is 1. The summed E-state index contributed by atoms with van der Waals surface area (Å²) in [6.45, 7) is 0. The summed E-state index contributed by atoms with van der Waals surface area (Å²) in [6.07, 6.45) is 5.10. The second-order valence-corrected chi connectivity index (χ2v) is 5.50. The van der Waals surface area contributed by atoms with E-state index in [4.69, 9.17) is 4.74 Å². The van der Waals surface area contributed by atoms with Gasteiger partial charge in [0.25, 0.3) is 0 Å². The summed E-state index contributed by atoms with van der Waals surface area (Å²) in [7, 11) is 0. The zero-order chi connectivity index (χ0) is 12.6. The summed E-state index contributed by atoms with van der Waals surface area (Å²) >= 11 is 0. The van der Waals surface area contributed by atoms with Crippen molar-refractivity contribution in [2.24, 2.45) is 5.41 Å². The molecule has 2 saturated carbocycles. The Balaban J connectivity index is 1.47. The van der Waals surface area contributed by atoms with Crippen molar-refractivity contribution in [3.8, 4) is 5.75 Å². The van der Waals surface area contributed by atoms with E-state index >= 15 is 0 Å². The molecule has 1 amide bonds. The van der Waals surface area contributed by atoms with Crippen LogP contribution in [0.5, 0.6) is 5.75 Å². The highest BCUT2D eigenvalue weighted by molar-refractivity contribution is 5.47. The van der Waals surface area contributed by atoms with Gasteiger partial charge < -0.3 is 10.1 Å². The molecule has 1 aromatic rings. The van der Waals surface area contributed by atoms with Crippen molar-refractivity contribution >= 4 is 6.41 Å². The second kappa shape index (κ2) is 4.26. The van der Waals surface area contributed by atoms with Crippen molar-refractivity contribution in [3.63, 3.8) is 0 Å². The number of amides is 1. The molecule has 2 aliphatic rings. The van der Waals surface area contributed by atoms with Gasteiger partial charge in [0, 0.05) is 12.1 Å². The maximum atomic E-state index is 13.0. The molecule has 2 aliphatic carbocycles. The fourth-order valence-electron chi connectivity index (χ4n) is 3.26. The number of halogens is 1. The number of rotatable bonds is 4. The molecule has 0 radical (unpaired) electrons. The molecule has 0 atom stereocenters. The van der Waals surface area contributed by atoms with Crippen LogP contribution in [0.3, 0.4) is 0 Å². The lowest BCUT2D eigenvalue weighted by molar-refractivity contribution is -0.116. The third kappa shape index (κ3) is 2.07. The standard InChI is InChI=1S/C14H16FNO2/c15-10-2-1-3-12(4-10)18-13-7-14(8-13)5-11(6-14)16-9-17/h1-4,9,11,13H,5-8H2,(H,16,17). The van der Waals surface area contributed by atoms with Gasteiger partial charge in [0.2, 0.25) is 6.41 Å². The maximum Gasteiger partial charge on any atom is 0.207 e. The molecule has 0 heterocycles. The maximum absolute atomic E-state index is 13.0. The molecule has 18 heavy (non-hydrogen) atoms. The minimum absolute atomic E-state index is 0.198. The molecule has 96 valence electrons. The van der Waals surface area contributed by atoms with Crippen LogP contribution in [0.2, 0.25) is 0 Å². The molecule has 0 saturated heterocycles. The number of carbonyl (C=O) groups is 1. The van der Waals surface area contributed by atoms with Gasteiger partial charge in [-0.05, 0) is 43.2 Å². The van der Waals surface area contributed by atoms with Crippen molar-refractivity contribution in [3.05, 3.63) is 30.1 Å². The first-order chi connectivity index (χ1) is 8.69. The van der Waals surface area contributed by atoms with Crippen molar-refractivity contribution < 1.29 is 13.9 Å². The lowest BCUT2D eigenvalue weighted by Gasteiger charge is -2.57. The van der Waals surface area contributed by atoms with Crippen LogP contribution in [-0.4, -0.2) is 18.6 Å². The second-order valence-electron chi connectivity index (χ2n) is 5.50. The summed E-state index contributed by atoms with van der Waals surface area (Å²) < 4.78 is 18.7. The van der Waals surface area contributed by atoms with Gasteiger partial charge in [-0.15, -0.1) is 0 Å². The fraction of sp³-hybridized carbons (Fsp3) is 0.500. The normalized spacial score (nSPS) is 33.4. The van der Waals surface area contributed by atoms with Crippen molar-refractivity contribution in [1.29, 1.82) is 0 Å². The molecule has 4 heteroatoms. The topological polar surface area (TPSA) is 38.3 Å². The van der Waals surface area contributed by atoms with Gasteiger partial charge in [-0.3, -0.25) is 4.79 Å². The molecule has 0 bridgehead atoms. The highest BCUT2D eigenvalue weighted by Crippen LogP contribution is 2.56. The van der Waals surface area contributed by atoms with E-state index in [0.29, 0.717) is 17.2 Å². The largest absolute Gasteiger partial charge is 0.490 e. The average molecular weight is 249 g/mol. The monoisotopic (exact) mass is 249 g/mol. The average Bonchev–Trinajstić information content (AvgIpc) is 2.23. The van der Waals surface area contributed by atoms with E-state index in [1.54, 1.807) is 12.1 Å². The number of hydrogen-bond donors (Lipinski definition) is 1. The van der Waals surface area contributed by atoms with Gasteiger partial charge in [-0.25, -0.2) is 4.39 Å². The number of hydrogen-bond acceptors (Lipinski definition) is 2. The first-order valence-electron chi connectivity index (χ1n) is 6.31. The Kier molecular flexibility index (Phi) is 2.73. The van der Waals surface area contributed by atoms with Crippen LogP contribution in [0.4, 0.5) is 4.39 Å². The SMILES string of the molecule is O=CNC1CC2(C1)CC(Oc1cccc(F)c1)C2. The molecular weight excluding hydrogens is 233 g/mol. The van der Waals surface area contributed by atoms with Crippen LogP contribution < -0.4 is 10.1 Å². The number of nitrogens with one attached hydrogen (secondary N) is 1. The lowest BCUT2D eigenvalue weighted by atomic mass is 9.53. The Labute approximate surface area is 105 Å².